The lowest BCUT2D eigenvalue weighted by molar-refractivity contribution is 0.0697. The molecule has 37 heavy (non-hydrogen) atoms. The van der Waals surface area contributed by atoms with Gasteiger partial charge in [-0.1, -0.05) is 43.5 Å². The summed E-state index contributed by atoms with van der Waals surface area (Å²) in [6.07, 6.45) is 6.73. The lowest BCUT2D eigenvalue weighted by Gasteiger charge is -2.22. The van der Waals surface area contributed by atoms with Gasteiger partial charge < -0.3 is 14.7 Å². The van der Waals surface area contributed by atoms with Gasteiger partial charge in [0.1, 0.15) is 12.4 Å². The molecule has 5 nitrogen and oxygen atoms in total. The second-order valence-corrected chi connectivity index (χ2v) is 10.3. The first kappa shape index (κ1) is 25.0. The zero-order valence-corrected chi connectivity index (χ0v) is 21.9. The van der Waals surface area contributed by atoms with Crippen molar-refractivity contribution in [3.8, 4) is 17.0 Å². The molecule has 0 atom stereocenters. The lowest BCUT2D eigenvalue weighted by atomic mass is 9.84. The molecule has 0 aliphatic heterocycles. The Hall–Kier alpha value is -3.64. The number of aromatic nitrogens is 1. The number of aromatic carboxylic acids is 1. The van der Waals surface area contributed by atoms with Crippen molar-refractivity contribution in [1.29, 1.82) is 0 Å². The van der Waals surface area contributed by atoms with Crippen molar-refractivity contribution in [2.24, 2.45) is 0 Å². The highest BCUT2D eigenvalue weighted by molar-refractivity contribution is 7.14. The third-order valence-electron chi connectivity index (χ3n) is 7.08. The molecule has 6 heteroatoms. The van der Waals surface area contributed by atoms with Gasteiger partial charge in [0, 0.05) is 23.2 Å². The third-order valence-corrected chi connectivity index (χ3v) is 7.94. The van der Waals surface area contributed by atoms with Gasteiger partial charge in [-0.3, -0.25) is 0 Å². The Labute approximate surface area is 222 Å². The summed E-state index contributed by atoms with van der Waals surface area (Å²) in [5.41, 5.74) is 5.79. The highest BCUT2D eigenvalue weighted by Gasteiger charge is 2.16. The molecule has 0 radical (unpaired) electrons. The minimum Gasteiger partial charge on any atom is -0.489 e. The largest absolute Gasteiger partial charge is 0.489 e. The van der Waals surface area contributed by atoms with Crippen molar-refractivity contribution in [3.63, 3.8) is 0 Å². The molecule has 0 bridgehead atoms. The number of rotatable bonds is 9. The molecule has 1 fully saturated rings. The van der Waals surface area contributed by atoms with Crippen LogP contribution in [0.4, 0.5) is 10.8 Å². The molecule has 0 spiro atoms. The summed E-state index contributed by atoms with van der Waals surface area (Å²) in [7, 11) is 0. The van der Waals surface area contributed by atoms with Crippen LogP contribution >= 0.6 is 11.3 Å². The van der Waals surface area contributed by atoms with E-state index >= 15 is 0 Å². The van der Waals surface area contributed by atoms with Crippen LogP contribution in [-0.2, 0) is 6.61 Å². The second-order valence-electron chi connectivity index (χ2n) is 9.50. The molecule has 1 aliphatic carbocycles. The van der Waals surface area contributed by atoms with Crippen molar-refractivity contribution in [1.82, 2.24) is 4.98 Å². The maximum atomic E-state index is 11.2. The van der Waals surface area contributed by atoms with Crippen LogP contribution < -0.4 is 9.64 Å². The third kappa shape index (κ3) is 6.03. The van der Waals surface area contributed by atoms with Gasteiger partial charge in [-0.2, -0.15) is 0 Å². The number of carboxylic acid groups (broad SMARTS) is 1. The van der Waals surface area contributed by atoms with E-state index in [0.29, 0.717) is 6.61 Å². The smallest absolute Gasteiger partial charge is 0.335 e. The van der Waals surface area contributed by atoms with E-state index in [9.17, 15) is 4.79 Å². The van der Waals surface area contributed by atoms with Gasteiger partial charge in [0.05, 0.1) is 11.3 Å². The Morgan fingerprint density at radius 2 is 1.68 bits per heavy atom. The summed E-state index contributed by atoms with van der Waals surface area (Å²) >= 11 is 1.57. The maximum absolute atomic E-state index is 11.2. The van der Waals surface area contributed by atoms with Crippen LogP contribution in [-0.4, -0.2) is 22.6 Å². The molecule has 1 saturated carbocycles. The van der Waals surface area contributed by atoms with Crippen molar-refractivity contribution < 1.29 is 14.6 Å². The van der Waals surface area contributed by atoms with Gasteiger partial charge in [0.15, 0.2) is 5.13 Å². The number of carbonyl (C=O) groups is 1. The summed E-state index contributed by atoms with van der Waals surface area (Å²) in [6, 6.07) is 23.9. The number of thiazole rings is 1. The lowest BCUT2D eigenvalue weighted by Crippen LogP contribution is -2.15. The van der Waals surface area contributed by atoms with E-state index in [-0.39, 0.29) is 5.56 Å². The molecular weight excluding hydrogens is 480 g/mol. The summed E-state index contributed by atoms with van der Waals surface area (Å²) in [6.45, 7) is 3.34. The normalized spacial score (nSPS) is 13.9. The predicted octanol–water partition coefficient (Wildman–Crippen LogP) is 8.29. The minimum atomic E-state index is -0.925. The number of hydrogen-bond acceptors (Lipinski definition) is 5. The van der Waals surface area contributed by atoms with Gasteiger partial charge in [-0.15, -0.1) is 11.3 Å². The average molecular weight is 513 g/mol. The Kier molecular flexibility index (Phi) is 7.85. The molecule has 1 aliphatic rings. The van der Waals surface area contributed by atoms with E-state index in [4.69, 9.17) is 14.8 Å². The quantitative estimate of drug-likeness (QED) is 0.244. The van der Waals surface area contributed by atoms with Crippen LogP contribution in [0.5, 0.6) is 5.75 Å². The molecule has 3 aromatic carbocycles. The van der Waals surface area contributed by atoms with E-state index in [1.165, 1.54) is 43.2 Å². The maximum Gasteiger partial charge on any atom is 0.335 e. The fourth-order valence-electron chi connectivity index (χ4n) is 4.94. The van der Waals surface area contributed by atoms with Crippen LogP contribution in [0.15, 0.2) is 78.2 Å². The second kappa shape index (κ2) is 11.6. The average Bonchev–Trinajstić information content (AvgIpc) is 3.43. The van der Waals surface area contributed by atoms with Crippen LogP contribution in [0.2, 0.25) is 0 Å². The first-order chi connectivity index (χ1) is 18.1. The van der Waals surface area contributed by atoms with Crippen molar-refractivity contribution in [2.75, 3.05) is 11.4 Å². The summed E-state index contributed by atoms with van der Waals surface area (Å²) < 4.78 is 6.05. The highest BCUT2D eigenvalue weighted by atomic mass is 32.1. The number of anilines is 2. The topological polar surface area (TPSA) is 62.7 Å². The SMILES string of the molecule is CCN(c1ccc(C(=O)O)cc1)c1nc(-c2ccc(OCc3ccc(C4CCCCC4)cc3)cc2)cs1. The summed E-state index contributed by atoms with van der Waals surface area (Å²) in [5.74, 6) is 0.639. The van der Waals surface area contributed by atoms with Crippen LogP contribution in [0, 0.1) is 0 Å². The zero-order chi connectivity index (χ0) is 25.6. The van der Waals surface area contributed by atoms with E-state index < -0.39 is 5.97 Å². The Morgan fingerprint density at radius 3 is 2.32 bits per heavy atom. The fourth-order valence-corrected chi connectivity index (χ4v) is 5.86. The van der Waals surface area contributed by atoms with E-state index in [0.717, 1.165) is 40.3 Å². The van der Waals surface area contributed by atoms with Gasteiger partial charge in [0.25, 0.3) is 0 Å². The zero-order valence-electron chi connectivity index (χ0n) is 21.1. The van der Waals surface area contributed by atoms with Gasteiger partial charge >= 0.3 is 5.97 Å². The molecule has 5 rings (SSSR count). The summed E-state index contributed by atoms with van der Waals surface area (Å²) in [5, 5.41) is 12.1. The van der Waals surface area contributed by atoms with Crippen LogP contribution in [0.25, 0.3) is 11.3 Å². The predicted molar refractivity (Wildman–Crippen MR) is 150 cm³/mol. The molecule has 1 aromatic heterocycles. The Morgan fingerprint density at radius 1 is 0.973 bits per heavy atom. The first-order valence-electron chi connectivity index (χ1n) is 13.0. The number of nitrogens with zero attached hydrogens (tertiary/aromatic N) is 2. The van der Waals surface area contributed by atoms with Gasteiger partial charge in [0.2, 0.25) is 0 Å². The molecule has 190 valence electrons. The molecule has 0 amide bonds. The first-order valence-corrected chi connectivity index (χ1v) is 13.9. The molecule has 1 N–H and O–H groups in total. The monoisotopic (exact) mass is 512 g/mol. The number of ether oxygens (including phenoxy) is 1. The van der Waals surface area contributed by atoms with Gasteiger partial charge in [-0.25, -0.2) is 9.78 Å². The van der Waals surface area contributed by atoms with Gasteiger partial charge in [-0.05, 0) is 85.3 Å². The van der Waals surface area contributed by atoms with Crippen molar-refractivity contribution in [3.05, 3.63) is 94.9 Å². The number of carboxylic acids is 1. The van der Waals surface area contributed by atoms with E-state index in [1.54, 1.807) is 23.5 Å². The Balaban J connectivity index is 1.20. The summed E-state index contributed by atoms with van der Waals surface area (Å²) in [4.78, 5) is 18.1. The molecule has 1 heterocycles. The molecule has 4 aromatic rings. The number of benzene rings is 3. The molecule has 0 saturated heterocycles. The van der Waals surface area contributed by atoms with Crippen LogP contribution in [0.1, 0.15) is 66.4 Å². The van der Waals surface area contributed by atoms with E-state index in [1.807, 2.05) is 41.8 Å². The van der Waals surface area contributed by atoms with E-state index in [2.05, 4.69) is 36.1 Å². The fraction of sp³-hybridized carbons (Fsp3) is 0.290. The standard InChI is InChI=1S/C31H32N2O3S/c1-2-33(27-16-12-26(13-17-27)30(34)35)31-32-29(21-37-31)25-14-18-28(19-15-25)36-20-22-8-10-24(11-9-22)23-6-4-3-5-7-23/h8-19,21,23H,2-7,20H2,1H3,(H,34,35). The number of hydrogen-bond donors (Lipinski definition) is 1. The minimum absolute atomic E-state index is 0.276. The van der Waals surface area contributed by atoms with Crippen molar-refractivity contribution >= 4 is 28.1 Å². The van der Waals surface area contributed by atoms with Crippen molar-refractivity contribution in [2.45, 2.75) is 51.6 Å². The molecular formula is C31H32N2O3S. The highest BCUT2D eigenvalue weighted by Crippen LogP contribution is 2.34. The Bertz CT molecular complexity index is 1310. The molecule has 0 unspecified atom stereocenters. The van der Waals surface area contributed by atoms with Crippen LogP contribution in [0.3, 0.4) is 0 Å².